The molecular weight excluding hydrogens is 384 g/mol. The van der Waals surface area contributed by atoms with Crippen LogP contribution < -0.4 is 5.32 Å². The highest BCUT2D eigenvalue weighted by atomic mass is 35.5. The van der Waals surface area contributed by atoms with Crippen LogP contribution in [0.25, 0.3) is 0 Å². The molecule has 4 nitrogen and oxygen atoms in total. The van der Waals surface area contributed by atoms with E-state index in [-0.39, 0.29) is 11.8 Å². The van der Waals surface area contributed by atoms with Gasteiger partial charge in [-0.3, -0.25) is 9.59 Å². The molecule has 2 amide bonds. The minimum atomic E-state index is -0.455. The molecule has 2 aromatic rings. The van der Waals surface area contributed by atoms with Gasteiger partial charge in [-0.1, -0.05) is 74.0 Å². The molecule has 2 rings (SSSR count). The van der Waals surface area contributed by atoms with Crippen LogP contribution in [0, 0.1) is 0 Å². The van der Waals surface area contributed by atoms with E-state index in [1.54, 1.807) is 4.90 Å². The van der Waals surface area contributed by atoms with E-state index >= 15 is 0 Å². The Balaban J connectivity index is 2.11. The van der Waals surface area contributed by atoms with Crippen molar-refractivity contribution in [2.75, 3.05) is 13.1 Å². The van der Waals surface area contributed by atoms with Crippen LogP contribution in [0.5, 0.6) is 0 Å². The first-order chi connectivity index (χ1) is 14.1. The molecule has 0 bridgehead atoms. The first-order valence-corrected chi connectivity index (χ1v) is 10.8. The molecule has 2 aromatic carbocycles. The highest BCUT2D eigenvalue weighted by molar-refractivity contribution is 6.31. The van der Waals surface area contributed by atoms with Crippen molar-refractivity contribution >= 4 is 23.4 Å². The quantitative estimate of drug-likeness (QED) is 0.581. The molecule has 1 atom stereocenters. The highest BCUT2D eigenvalue weighted by Gasteiger charge is 2.27. The van der Waals surface area contributed by atoms with Gasteiger partial charge in [-0.05, 0) is 42.9 Å². The summed E-state index contributed by atoms with van der Waals surface area (Å²) in [6.07, 6.45) is 3.06. The van der Waals surface area contributed by atoms with Crippen LogP contribution >= 0.6 is 11.6 Å². The van der Waals surface area contributed by atoms with Gasteiger partial charge >= 0.3 is 0 Å². The first-order valence-electron chi connectivity index (χ1n) is 10.4. The second-order valence-electron chi connectivity index (χ2n) is 7.13. The Kier molecular flexibility index (Phi) is 9.72. The molecule has 0 unspecified atom stereocenters. The van der Waals surface area contributed by atoms with Crippen molar-refractivity contribution in [1.29, 1.82) is 0 Å². The summed E-state index contributed by atoms with van der Waals surface area (Å²) in [5, 5.41) is 3.62. The Morgan fingerprint density at radius 3 is 2.34 bits per heavy atom. The minimum absolute atomic E-state index is 0.0145. The van der Waals surface area contributed by atoms with Crippen LogP contribution in [0.2, 0.25) is 5.02 Å². The summed E-state index contributed by atoms with van der Waals surface area (Å²) in [6.45, 7) is 5.11. The maximum atomic E-state index is 13.1. The van der Waals surface area contributed by atoms with E-state index in [2.05, 4.69) is 5.32 Å². The van der Waals surface area contributed by atoms with Gasteiger partial charge in [-0.2, -0.15) is 0 Å². The molecule has 0 aliphatic heterocycles. The molecule has 5 heteroatoms. The van der Waals surface area contributed by atoms with Crippen molar-refractivity contribution in [3.05, 3.63) is 70.7 Å². The van der Waals surface area contributed by atoms with E-state index in [4.69, 9.17) is 11.6 Å². The average Bonchev–Trinajstić information content (AvgIpc) is 2.74. The molecule has 0 aliphatic carbocycles. The summed E-state index contributed by atoms with van der Waals surface area (Å²) in [6, 6.07) is 17.2. The molecule has 0 aliphatic rings. The Labute approximate surface area is 179 Å². The lowest BCUT2D eigenvalue weighted by Crippen LogP contribution is -2.50. The second kappa shape index (κ2) is 12.3. The largest absolute Gasteiger partial charge is 0.354 e. The van der Waals surface area contributed by atoms with Gasteiger partial charge in [-0.25, -0.2) is 0 Å². The van der Waals surface area contributed by atoms with Crippen molar-refractivity contribution in [3.8, 4) is 0 Å². The van der Waals surface area contributed by atoms with Crippen molar-refractivity contribution in [2.45, 2.75) is 52.0 Å². The van der Waals surface area contributed by atoms with E-state index in [1.165, 1.54) is 0 Å². The normalized spacial score (nSPS) is 11.7. The van der Waals surface area contributed by atoms with Crippen LogP contribution in [0.3, 0.4) is 0 Å². The van der Waals surface area contributed by atoms with E-state index in [0.717, 1.165) is 24.0 Å². The molecule has 0 aromatic heterocycles. The number of aryl methyl sites for hydroxylation is 1. The van der Waals surface area contributed by atoms with Crippen LogP contribution in [0.15, 0.2) is 54.6 Å². The third-order valence-corrected chi connectivity index (χ3v) is 5.35. The number of nitrogens with one attached hydrogen (secondary N) is 1. The van der Waals surface area contributed by atoms with Crippen LogP contribution in [-0.2, 0) is 22.4 Å². The molecule has 1 N–H and O–H groups in total. The maximum absolute atomic E-state index is 13.1. The minimum Gasteiger partial charge on any atom is -0.354 e. The lowest BCUT2D eigenvalue weighted by Gasteiger charge is -2.30. The fourth-order valence-electron chi connectivity index (χ4n) is 3.35. The summed E-state index contributed by atoms with van der Waals surface area (Å²) in [7, 11) is 0. The third kappa shape index (κ3) is 7.21. The number of nitrogens with zero attached hydrogens (tertiary/aromatic N) is 1. The number of rotatable bonds is 11. The zero-order chi connectivity index (χ0) is 21.1. The average molecular weight is 415 g/mol. The lowest BCUT2D eigenvalue weighted by molar-refractivity contribution is -0.140. The summed E-state index contributed by atoms with van der Waals surface area (Å²) in [4.78, 5) is 27.6. The summed E-state index contributed by atoms with van der Waals surface area (Å²) < 4.78 is 0. The van der Waals surface area contributed by atoms with Gasteiger partial charge in [0.05, 0.1) is 0 Å². The number of benzene rings is 2. The predicted octanol–water partition coefficient (Wildman–Crippen LogP) is 4.65. The maximum Gasteiger partial charge on any atom is 0.242 e. The van der Waals surface area contributed by atoms with Crippen molar-refractivity contribution in [3.63, 3.8) is 0 Å². The van der Waals surface area contributed by atoms with Gasteiger partial charge in [0.15, 0.2) is 0 Å². The molecule has 156 valence electrons. The molecule has 0 radical (unpaired) electrons. The van der Waals surface area contributed by atoms with Gasteiger partial charge in [0.1, 0.15) is 6.04 Å². The Hall–Kier alpha value is -2.33. The third-order valence-electron chi connectivity index (χ3n) is 4.99. The Morgan fingerprint density at radius 1 is 1.00 bits per heavy atom. The fourth-order valence-corrected chi connectivity index (χ4v) is 3.58. The molecule has 29 heavy (non-hydrogen) atoms. The lowest BCUT2D eigenvalue weighted by atomic mass is 10.1. The summed E-state index contributed by atoms with van der Waals surface area (Å²) >= 11 is 6.24. The molecule has 0 spiro atoms. The standard InChI is InChI=1S/C24H31ClN2O2/c1-3-17-26-24(29)22(4-2)27(18-16-19-10-6-5-7-11-19)23(28)15-14-20-12-8-9-13-21(20)25/h5-13,22H,3-4,14-18H2,1-2H3,(H,26,29)/t22-/m1/s1. The van der Waals surface area contributed by atoms with Gasteiger partial charge in [0.2, 0.25) is 11.8 Å². The van der Waals surface area contributed by atoms with Crippen molar-refractivity contribution in [1.82, 2.24) is 10.2 Å². The number of carbonyl (C=O) groups excluding carboxylic acids is 2. The van der Waals surface area contributed by atoms with Gasteiger partial charge in [0.25, 0.3) is 0 Å². The Morgan fingerprint density at radius 2 is 1.69 bits per heavy atom. The fraction of sp³-hybridized carbons (Fsp3) is 0.417. The molecule has 0 heterocycles. The van der Waals surface area contributed by atoms with Gasteiger partial charge in [0, 0.05) is 24.5 Å². The Bertz CT molecular complexity index is 779. The molecule has 0 saturated heterocycles. The number of carbonyl (C=O) groups is 2. The topological polar surface area (TPSA) is 49.4 Å². The zero-order valence-corrected chi connectivity index (χ0v) is 18.1. The summed E-state index contributed by atoms with van der Waals surface area (Å²) in [5.74, 6) is -0.0899. The van der Waals surface area contributed by atoms with E-state index in [1.807, 2.05) is 68.4 Å². The second-order valence-corrected chi connectivity index (χ2v) is 7.54. The van der Waals surface area contributed by atoms with Crippen molar-refractivity contribution in [2.24, 2.45) is 0 Å². The number of hydrogen-bond acceptors (Lipinski definition) is 2. The van der Waals surface area contributed by atoms with Crippen LogP contribution in [-0.4, -0.2) is 35.8 Å². The van der Waals surface area contributed by atoms with E-state index in [0.29, 0.717) is 37.4 Å². The first kappa shape index (κ1) is 23.0. The van der Waals surface area contributed by atoms with Gasteiger partial charge in [-0.15, -0.1) is 0 Å². The SMILES string of the molecule is CCCNC(=O)[C@@H](CC)N(CCc1ccccc1)C(=O)CCc1ccccc1Cl. The zero-order valence-electron chi connectivity index (χ0n) is 17.4. The summed E-state index contributed by atoms with van der Waals surface area (Å²) in [5.41, 5.74) is 2.11. The smallest absolute Gasteiger partial charge is 0.242 e. The monoisotopic (exact) mass is 414 g/mol. The van der Waals surface area contributed by atoms with Crippen LogP contribution in [0.1, 0.15) is 44.2 Å². The number of hydrogen-bond donors (Lipinski definition) is 1. The molecule has 0 saturated carbocycles. The van der Waals surface area contributed by atoms with Crippen LogP contribution in [0.4, 0.5) is 0 Å². The number of amides is 2. The molecule has 0 fully saturated rings. The van der Waals surface area contributed by atoms with E-state index < -0.39 is 6.04 Å². The van der Waals surface area contributed by atoms with E-state index in [9.17, 15) is 9.59 Å². The number of halogens is 1. The highest BCUT2D eigenvalue weighted by Crippen LogP contribution is 2.18. The predicted molar refractivity (Wildman–Crippen MR) is 119 cm³/mol. The van der Waals surface area contributed by atoms with Gasteiger partial charge < -0.3 is 10.2 Å². The van der Waals surface area contributed by atoms with Crippen molar-refractivity contribution < 1.29 is 9.59 Å². The molecular formula is C24H31ClN2O2.